The summed E-state index contributed by atoms with van der Waals surface area (Å²) in [5.41, 5.74) is 1.09. The number of halogens is 3. The highest BCUT2D eigenvalue weighted by Crippen LogP contribution is 2.42. The van der Waals surface area contributed by atoms with Gasteiger partial charge in [0.15, 0.2) is 0 Å². The van der Waals surface area contributed by atoms with Crippen molar-refractivity contribution in [1.29, 1.82) is 0 Å². The van der Waals surface area contributed by atoms with Crippen molar-refractivity contribution >= 4 is 0 Å². The zero-order valence-electron chi connectivity index (χ0n) is 15.7. The largest absolute Gasteiger partial charge is 0.573 e. The van der Waals surface area contributed by atoms with Crippen LogP contribution in [0.5, 0.6) is 5.75 Å². The van der Waals surface area contributed by atoms with Crippen LogP contribution < -0.4 is 4.74 Å². The maximum Gasteiger partial charge on any atom is 0.573 e. The van der Waals surface area contributed by atoms with E-state index in [0.717, 1.165) is 17.9 Å². The van der Waals surface area contributed by atoms with E-state index in [1.54, 1.807) is 12.1 Å². The van der Waals surface area contributed by atoms with Crippen LogP contribution in [-0.2, 0) is 0 Å². The Kier molecular flexibility index (Phi) is 8.05. The standard InChI is InChI=1S/C22H31F3O/c1-3-5-6-8-17-9-11-18(12-10-17)21(7-4-2)19-13-15-20(16-14-19)26-22(23,24)25/h4,13-18,21H,2-3,5-12H2,1H3. The van der Waals surface area contributed by atoms with E-state index >= 15 is 0 Å². The zero-order valence-corrected chi connectivity index (χ0v) is 15.7. The first-order valence-electron chi connectivity index (χ1n) is 9.89. The summed E-state index contributed by atoms with van der Waals surface area (Å²) in [6, 6.07) is 6.41. The zero-order chi connectivity index (χ0) is 19.0. The Labute approximate surface area is 155 Å². The van der Waals surface area contributed by atoms with Crippen LogP contribution in [0.25, 0.3) is 0 Å². The molecule has 1 saturated carbocycles. The first-order valence-corrected chi connectivity index (χ1v) is 9.89. The van der Waals surface area contributed by atoms with Crippen molar-refractivity contribution in [3.8, 4) is 5.75 Å². The molecular formula is C22H31F3O. The van der Waals surface area contributed by atoms with Gasteiger partial charge in [-0.2, -0.15) is 0 Å². The summed E-state index contributed by atoms with van der Waals surface area (Å²) in [7, 11) is 0. The van der Waals surface area contributed by atoms with Gasteiger partial charge in [-0.1, -0.05) is 63.7 Å². The van der Waals surface area contributed by atoms with E-state index in [2.05, 4.69) is 18.2 Å². The van der Waals surface area contributed by atoms with Crippen LogP contribution in [0.4, 0.5) is 13.2 Å². The topological polar surface area (TPSA) is 9.23 Å². The molecule has 1 aliphatic rings. The molecule has 0 bridgehead atoms. The second-order valence-electron chi connectivity index (χ2n) is 7.52. The maximum atomic E-state index is 12.3. The monoisotopic (exact) mass is 368 g/mol. The summed E-state index contributed by atoms with van der Waals surface area (Å²) in [4.78, 5) is 0. The molecule has 0 aliphatic heterocycles. The number of ether oxygens (including phenoxy) is 1. The van der Waals surface area contributed by atoms with E-state index in [1.807, 2.05) is 6.08 Å². The molecule has 26 heavy (non-hydrogen) atoms. The molecular weight excluding hydrogens is 337 g/mol. The quantitative estimate of drug-likeness (QED) is 0.321. The Balaban J connectivity index is 1.95. The molecule has 0 aromatic heterocycles. The van der Waals surface area contributed by atoms with Crippen molar-refractivity contribution in [2.75, 3.05) is 0 Å². The van der Waals surface area contributed by atoms with Gasteiger partial charge in [0, 0.05) is 0 Å². The highest BCUT2D eigenvalue weighted by Gasteiger charge is 2.31. The molecule has 0 amide bonds. The van der Waals surface area contributed by atoms with E-state index < -0.39 is 6.36 Å². The Hall–Kier alpha value is -1.45. The third-order valence-electron chi connectivity index (χ3n) is 5.64. The molecule has 0 saturated heterocycles. The van der Waals surface area contributed by atoms with Crippen molar-refractivity contribution < 1.29 is 17.9 Å². The van der Waals surface area contributed by atoms with Gasteiger partial charge in [-0.15, -0.1) is 19.8 Å². The van der Waals surface area contributed by atoms with Crippen LogP contribution in [0.3, 0.4) is 0 Å². The third kappa shape index (κ3) is 6.69. The molecule has 4 heteroatoms. The molecule has 2 rings (SSSR count). The van der Waals surface area contributed by atoms with Crippen LogP contribution in [0, 0.1) is 11.8 Å². The molecule has 146 valence electrons. The van der Waals surface area contributed by atoms with Gasteiger partial charge in [-0.3, -0.25) is 0 Å². The molecule has 1 atom stereocenters. The van der Waals surface area contributed by atoms with Gasteiger partial charge < -0.3 is 4.74 Å². The second kappa shape index (κ2) is 10.0. The summed E-state index contributed by atoms with van der Waals surface area (Å²) in [5, 5.41) is 0. The van der Waals surface area contributed by atoms with Gasteiger partial charge in [0.05, 0.1) is 0 Å². The maximum absolute atomic E-state index is 12.3. The van der Waals surface area contributed by atoms with Gasteiger partial charge >= 0.3 is 6.36 Å². The molecule has 0 N–H and O–H groups in total. The predicted molar refractivity (Wildman–Crippen MR) is 100 cm³/mol. The first kappa shape index (κ1) is 20.9. The van der Waals surface area contributed by atoms with Crippen molar-refractivity contribution in [1.82, 2.24) is 0 Å². The van der Waals surface area contributed by atoms with Crippen LogP contribution >= 0.6 is 0 Å². The van der Waals surface area contributed by atoms with E-state index in [0.29, 0.717) is 11.8 Å². The molecule has 1 unspecified atom stereocenters. The highest BCUT2D eigenvalue weighted by atomic mass is 19.4. The van der Waals surface area contributed by atoms with Crippen LogP contribution in [0.1, 0.15) is 76.2 Å². The lowest BCUT2D eigenvalue weighted by Crippen LogP contribution is -2.21. The lowest BCUT2D eigenvalue weighted by molar-refractivity contribution is -0.274. The predicted octanol–water partition coefficient (Wildman–Crippen LogP) is 7.63. The van der Waals surface area contributed by atoms with Gasteiger partial charge in [0.2, 0.25) is 0 Å². The summed E-state index contributed by atoms with van der Waals surface area (Å²) in [6.07, 6.45) is 8.39. The fraction of sp³-hybridized carbons (Fsp3) is 0.636. The van der Waals surface area contributed by atoms with E-state index in [9.17, 15) is 13.2 Å². The Morgan fingerprint density at radius 3 is 2.31 bits per heavy atom. The smallest absolute Gasteiger partial charge is 0.406 e. The summed E-state index contributed by atoms with van der Waals surface area (Å²) >= 11 is 0. The Morgan fingerprint density at radius 2 is 1.77 bits per heavy atom. The van der Waals surface area contributed by atoms with Gasteiger partial charge in [0.1, 0.15) is 5.75 Å². The fourth-order valence-electron chi connectivity index (χ4n) is 4.26. The Morgan fingerprint density at radius 1 is 1.12 bits per heavy atom. The molecule has 0 spiro atoms. The number of alkyl halides is 3. The lowest BCUT2D eigenvalue weighted by Gasteiger charge is -2.34. The number of unbranched alkanes of at least 4 members (excludes halogenated alkanes) is 2. The molecule has 0 heterocycles. The SMILES string of the molecule is C=CCC(c1ccc(OC(F)(F)F)cc1)C1CCC(CCCCC)CC1. The number of rotatable bonds is 9. The minimum absolute atomic E-state index is 0.154. The van der Waals surface area contributed by atoms with E-state index in [4.69, 9.17) is 0 Å². The number of hydrogen-bond donors (Lipinski definition) is 0. The van der Waals surface area contributed by atoms with Gasteiger partial charge in [-0.05, 0) is 54.7 Å². The molecule has 1 aromatic carbocycles. The van der Waals surface area contributed by atoms with Crippen molar-refractivity contribution in [2.24, 2.45) is 11.8 Å². The van der Waals surface area contributed by atoms with Crippen molar-refractivity contribution in [3.05, 3.63) is 42.5 Å². The average Bonchev–Trinajstić information content (AvgIpc) is 2.60. The van der Waals surface area contributed by atoms with Crippen LogP contribution in [0.15, 0.2) is 36.9 Å². The van der Waals surface area contributed by atoms with E-state index in [-0.39, 0.29) is 5.75 Å². The van der Waals surface area contributed by atoms with Crippen molar-refractivity contribution in [3.63, 3.8) is 0 Å². The first-order chi connectivity index (χ1) is 12.4. The lowest BCUT2D eigenvalue weighted by atomic mass is 9.71. The summed E-state index contributed by atoms with van der Waals surface area (Å²) < 4.78 is 41.0. The van der Waals surface area contributed by atoms with E-state index in [1.165, 1.54) is 63.5 Å². The molecule has 0 radical (unpaired) electrons. The fourth-order valence-corrected chi connectivity index (χ4v) is 4.26. The third-order valence-corrected chi connectivity index (χ3v) is 5.64. The van der Waals surface area contributed by atoms with Gasteiger partial charge in [0.25, 0.3) is 0 Å². The number of benzene rings is 1. The van der Waals surface area contributed by atoms with Crippen LogP contribution in [-0.4, -0.2) is 6.36 Å². The summed E-state index contributed by atoms with van der Waals surface area (Å²) in [6.45, 7) is 6.12. The van der Waals surface area contributed by atoms with Gasteiger partial charge in [-0.25, -0.2) is 0 Å². The molecule has 1 aromatic rings. The minimum Gasteiger partial charge on any atom is -0.406 e. The molecule has 1 fully saturated rings. The minimum atomic E-state index is -4.64. The van der Waals surface area contributed by atoms with Crippen molar-refractivity contribution in [2.45, 2.75) is 77.0 Å². The van der Waals surface area contributed by atoms with Crippen LogP contribution in [0.2, 0.25) is 0 Å². The number of allylic oxidation sites excluding steroid dienone is 1. The normalized spacial score (nSPS) is 22.0. The molecule has 1 nitrogen and oxygen atoms in total. The molecule has 1 aliphatic carbocycles. The second-order valence-corrected chi connectivity index (χ2v) is 7.52. The average molecular weight is 368 g/mol. The highest BCUT2D eigenvalue weighted by molar-refractivity contribution is 5.30. The Bertz CT molecular complexity index is 527. The summed E-state index contributed by atoms with van der Waals surface area (Å²) in [5.74, 6) is 1.62. The number of hydrogen-bond acceptors (Lipinski definition) is 1.